The molecule has 0 saturated carbocycles. The van der Waals surface area contributed by atoms with Crippen LogP contribution < -0.4 is 4.42 Å². The minimum Gasteiger partial charge on any atom is -0.477 e. The molecule has 2 aromatic heterocycles. The first kappa shape index (κ1) is 14.9. The molecule has 0 radical (unpaired) electrons. The number of para-hydroxylation sites is 1. The van der Waals surface area contributed by atoms with E-state index in [1.165, 1.54) is 16.7 Å². The Hall–Kier alpha value is -2.99. The Morgan fingerprint density at radius 2 is 1.78 bits per heavy atom. The molecule has 7 heteroatoms. The zero-order valence-electron chi connectivity index (χ0n) is 11.8. The quantitative estimate of drug-likeness (QED) is 0.739. The number of hydrogen-bond donors (Lipinski definition) is 1. The second kappa shape index (κ2) is 6.41. The molecule has 0 fully saturated rings. The van der Waals surface area contributed by atoms with Crippen LogP contribution in [0.1, 0.15) is 10.5 Å². The Labute approximate surface area is 137 Å². The third kappa shape index (κ3) is 3.27. The van der Waals surface area contributed by atoms with E-state index in [2.05, 4.69) is 15.0 Å². The molecule has 0 saturated heterocycles. The molecule has 6 nitrogen and oxygen atoms in total. The van der Waals surface area contributed by atoms with Crippen LogP contribution in [0.15, 0.2) is 60.9 Å². The van der Waals surface area contributed by atoms with E-state index in [1.807, 2.05) is 30.3 Å². The fourth-order valence-corrected chi connectivity index (χ4v) is 2.18. The number of aromatic carboxylic acids is 1. The van der Waals surface area contributed by atoms with Crippen LogP contribution in [-0.2, 0) is 0 Å². The highest BCUT2D eigenvalue weighted by Crippen LogP contribution is 2.26. The van der Waals surface area contributed by atoms with E-state index in [1.54, 1.807) is 18.3 Å². The summed E-state index contributed by atoms with van der Waals surface area (Å²) in [5, 5.41) is 9.02. The monoisotopic (exact) mass is 326 g/mol. The zero-order valence-corrected chi connectivity index (χ0v) is 12.6. The van der Waals surface area contributed by atoms with Crippen molar-refractivity contribution >= 4 is 29.4 Å². The Bertz CT molecular complexity index is 842. The van der Waals surface area contributed by atoms with Crippen molar-refractivity contribution in [2.75, 3.05) is 4.42 Å². The van der Waals surface area contributed by atoms with Gasteiger partial charge in [0, 0.05) is 29.7 Å². The SMILES string of the molecule is O=C(O)c1cc(-c2ccnc(N(Cl)c3ccccc3)n2)ccn1. The smallest absolute Gasteiger partial charge is 0.354 e. The molecule has 0 amide bonds. The number of anilines is 2. The molecule has 1 N–H and O–H groups in total. The van der Waals surface area contributed by atoms with E-state index < -0.39 is 5.97 Å². The van der Waals surface area contributed by atoms with Crippen LogP contribution in [0.2, 0.25) is 0 Å². The standard InChI is InChI=1S/C16H11ClN4O2/c17-21(12-4-2-1-3-5-12)16-19-9-7-13(20-16)11-6-8-18-14(10-11)15(22)23/h1-10H,(H,22,23). The summed E-state index contributed by atoms with van der Waals surface area (Å²) in [6.45, 7) is 0. The number of hydrogen-bond acceptors (Lipinski definition) is 5. The zero-order chi connectivity index (χ0) is 16.2. The van der Waals surface area contributed by atoms with Gasteiger partial charge in [-0.2, -0.15) is 0 Å². The number of carboxylic acids is 1. The van der Waals surface area contributed by atoms with E-state index in [9.17, 15) is 4.79 Å². The van der Waals surface area contributed by atoms with Gasteiger partial charge in [-0.15, -0.1) is 0 Å². The van der Waals surface area contributed by atoms with E-state index in [-0.39, 0.29) is 5.69 Å². The summed E-state index contributed by atoms with van der Waals surface area (Å²) in [5.41, 5.74) is 1.86. The summed E-state index contributed by atoms with van der Waals surface area (Å²) in [4.78, 5) is 23.3. The molecule has 3 rings (SSSR count). The fourth-order valence-electron chi connectivity index (χ4n) is 1.98. The summed E-state index contributed by atoms with van der Waals surface area (Å²) < 4.78 is 1.34. The van der Waals surface area contributed by atoms with Gasteiger partial charge in [-0.1, -0.05) is 18.2 Å². The Balaban J connectivity index is 1.97. The molecule has 0 aliphatic rings. The van der Waals surface area contributed by atoms with Gasteiger partial charge >= 0.3 is 5.97 Å². The van der Waals surface area contributed by atoms with Gasteiger partial charge in [0.2, 0.25) is 5.95 Å². The molecule has 1 aromatic carbocycles. The molecule has 114 valence electrons. The molecule has 0 unspecified atom stereocenters. The minimum atomic E-state index is -1.09. The molecule has 2 heterocycles. The van der Waals surface area contributed by atoms with Gasteiger partial charge in [-0.05, 0) is 30.3 Å². The fraction of sp³-hybridized carbons (Fsp3) is 0. The van der Waals surface area contributed by atoms with Crippen molar-refractivity contribution in [1.82, 2.24) is 15.0 Å². The molecule has 0 atom stereocenters. The van der Waals surface area contributed by atoms with Gasteiger partial charge in [-0.3, -0.25) is 0 Å². The highest BCUT2D eigenvalue weighted by Gasteiger charge is 2.12. The lowest BCUT2D eigenvalue weighted by Gasteiger charge is -2.14. The summed E-state index contributed by atoms with van der Waals surface area (Å²) in [6.07, 6.45) is 2.99. The number of rotatable bonds is 4. The molecular weight excluding hydrogens is 316 g/mol. The number of carbonyl (C=O) groups is 1. The Morgan fingerprint density at radius 3 is 2.52 bits per heavy atom. The van der Waals surface area contributed by atoms with Crippen molar-refractivity contribution in [3.05, 3.63) is 66.6 Å². The molecule has 3 aromatic rings. The van der Waals surface area contributed by atoms with Crippen molar-refractivity contribution in [1.29, 1.82) is 0 Å². The van der Waals surface area contributed by atoms with Crippen LogP contribution in [0, 0.1) is 0 Å². The third-order valence-corrected chi connectivity index (χ3v) is 3.42. The lowest BCUT2D eigenvalue weighted by molar-refractivity contribution is 0.0690. The molecule has 0 spiro atoms. The van der Waals surface area contributed by atoms with Crippen LogP contribution >= 0.6 is 11.8 Å². The third-order valence-electron chi connectivity index (χ3n) is 3.08. The summed E-state index contributed by atoms with van der Waals surface area (Å²) in [5.74, 6) is -0.798. The van der Waals surface area contributed by atoms with Crippen molar-refractivity contribution in [3.8, 4) is 11.3 Å². The summed E-state index contributed by atoms with van der Waals surface area (Å²) >= 11 is 6.27. The molecule has 23 heavy (non-hydrogen) atoms. The first-order valence-corrected chi connectivity index (χ1v) is 7.02. The number of halogens is 1. The van der Waals surface area contributed by atoms with Crippen LogP contribution in [0.3, 0.4) is 0 Å². The summed E-state index contributed by atoms with van der Waals surface area (Å²) in [7, 11) is 0. The normalized spacial score (nSPS) is 10.3. The van der Waals surface area contributed by atoms with Gasteiger partial charge in [0.15, 0.2) is 0 Å². The molecule has 0 aliphatic carbocycles. The lowest BCUT2D eigenvalue weighted by Crippen LogP contribution is -2.07. The molecule has 0 aliphatic heterocycles. The van der Waals surface area contributed by atoms with Gasteiger partial charge in [0.05, 0.1) is 11.4 Å². The number of pyridine rings is 1. The average Bonchev–Trinajstić information content (AvgIpc) is 2.62. The maximum Gasteiger partial charge on any atom is 0.354 e. The number of benzene rings is 1. The molecule has 0 bridgehead atoms. The van der Waals surface area contributed by atoms with Gasteiger partial charge in [-0.25, -0.2) is 24.2 Å². The Kier molecular flexibility index (Phi) is 4.16. The van der Waals surface area contributed by atoms with Gasteiger partial charge in [0.25, 0.3) is 0 Å². The number of nitrogens with zero attached hydrogens (tertiary/aromatic N) is 4. The van der Waals surface area contributed by atoms with Crippen molar-refractivity contribution < 1.29 is 9.90 Å². The van der Waals surface area contributed by atoms with Crippen LogP contribution in [-0.4, -0.2) is 26.0 Å². The van der Waals surface area contributed by atoms with Crippen LogP contribution in [0.5, 0.6) is 0 Å². The van der Waals surface area contributed by atoms with E-state index >= 15 is 0 Å². The first-order valence-electron chi connectivity index (χ1n) is 6.69. The van der Waals surface area contributed by atoms with Crippen LogP contribution in [0.25, 0.3) is 11.3 Å². The van der Waals surface area contributed by atoms with Crippen LogP contribution in [0.4, 0.5) is 11.6 Å². The second-order valence-corrected chi connectivity index (χ2v) is 4.93. The van der Waals surface area contributed by atoms with E-state index in [0.717, 1.165) is 5.69 Å². The molecular formula is C16H11ClN4O2. The van der Waals surface area contributed by atoms with Gasteiger partial charge in [0.1, 0.15) is 5.69 Å². The summed E-state index contributed by atoms with van der Waals surface area (Å²) in [6, 6.07) is 14.1. The maximum absolute atomic E-state index is 11.0. The van der Waals surface area contributed by atoms with Crippen molar-refractivity contribution in [2.24, 2.45) is 0 Å². The highest BCUT2D eigenvalue weighted by atomic mass is 35.5. The Morgan fingerprint density at radius 1 is 1.04 bits per heavy atom. The van der Waals surface area contributed by atoms with E-state index in [4.69, 9.17) is 16.9 Å². The predicted octanol–water partition coefficient (Wildman–Crippen LogP) is 3.53. The number of carboxylic acid groups (broad SMARTS) is 1. The average molecular weight is 327 g/mol. The van der Waals surface area contributed by atoms with Crippen molar-refractivity contribution in [2.45, 2.75) is 0 Å². The largest absolute Gasteiger partial charge is 0.477 e. The highest BCUT2D eigenvalue weighted by molar-refractivity contribution is 6.28. The lowest BCUT2D eigenvalue weighted by atomic mass is 10.1. The second-order valence-electron chi connectivity index (χ2n) is 4.59. The van der Waals surface area contributed by atoms with E-state index in [0.29, 0.717) is 17.2 Å². The topological polar surface area (TPSA) is 79.2 Å². The van der Waals surface area contributed by atoms with Gasteiger partial charge < -0.3 is 5.11 Å². The minimum absolute atomic E-state index is 0.0477. The number of aromatic nitrogens is 3. The first-order chi connectivity index (χ1) is 11.1. The maximum atomic E-state index is 11.0. The predicted molar refractivity (Wildman–Crippen MR) is 86.7 cm³/mol. The van der Waals surface area contributed by atoms with Crippen molar-refractivity contribution in [3.63, 3.8) is 0 Å².